The first-order valence-electron chi connectivity index (χ1n) is 6.95. The smallest absolute Gasteiger partial charge is 0.351 e. The van der Waals surface area contributed by atoms with Crippen LogP contribution >= 0.6 is 0 Å². The Balaban J connectivity index is 1.76. The zero-order chi connectivity index (χ0) is 13.9. The van der Waals surface area contributed by atoms with Crippen molar-refractivity contribution >= 4 is 6.34 Å². The van der Waals surface area contributed by atoms with E-state index in [4.69, 9.17) is 0 Å². The number of nitrogens with zero attached hydrogens (tertiary/aromatic N) is 2. The van der Waals surface area contributed by atoms with Crippen LogP contribution in [0.5, 0.6) is 0 Å². The molecular weight excluding hydrogens is 255 g/mol. The molecule has 1 aliphatic carbocycles. The Bertz CT molecular complexity index is 309. The van der Waals surface area contributed by atoms with Gasteiger partial charge < -0.3 is 10.2 Å². The highest BCUT2D eigenvalue weighted by Crippen LogP contribution is 2.38. The Kier molecular flexibility index (Phi) is 4.71. The first-order valence-corrected chi connectivity index (χ1v) is 6.95. The van der Waals surface area contributed by atoms with Gasteiger partial charge in [0.2, 0.25) is 0 Å². The quantitative estimate of drug-likeness (QED) is 0.619. The third-order valence-electron chi connectivity index (χ3n) is 3.91. The van der Waals surface area contributed by atoms with Crippen molar-refractivity contribution in [3.05, 3.63) is 0 Å². The Morgan fingerprint density at radius 3 is 2.47 bits per heavy atom. The summed E-state index contributed by atoms with van der Waals surface area (Å²) in [6.07, 6.45) is 0.442. The van der Waals surface area contributed by atoms with Crippen molar-refractivity contribution in [2.75, 3.05) is 19.6 Å². The predicted molar refractivity (Wildman–Crippen MR) is 68.3 cm³/mol. The van der Waals surface area contributed by atoms with E-state index in [1.54, 1.807) is 0 Å². The molecule has 2 fully saturated rings. The minimum atomic E-state index is -4.04. The standard InChI is InChI=1S/C13H21F3N3/c1-10-8-19(7-6-17-10)9-18-12-4-2-11(3-5-12)13(14,15)16/h10-12,17H,2-8H2,1H3/t10-,11?,12?/m0/s1. The van der Waals surface area contributed by atoms with Crippen molar-refractivity contribution in [3.8, 4) is 0 Å². The van der Waals surface area contributed by atoms with Crippen LogP contribution in [-0.4, -0.2) is 49.1 Å². The Morgan fingerprint density at radius 1 is 1.21 bits per heavy atom. The van der Waals surface area contributed by atoms with Crippen molar-refractivity contribution < 1.29 is 13.2 Å². The summed E-state index contributed by atoms with van der Waals surface area (Å²) in [4.78, 5) is 6.36. The fourth-order valence-corrected chi connectivity index (χ4v) is 2.72. The molecule has 0 amide bonds. The topological polar surface area (TPSA) is 27.6 Å². The molecule has 2 rings (SSSR count). The van der Waals surface area contributed by atoms with E-state index in [0.29, 0.717) is 18.9 Å². The SMILES string of the molecule is C[C@H]1CN(/[C]=N/C2CCC(C(F)(F)F)CC2)CCN1. The molecular formula is C13H21F3N3. The van der Waals surface area contributed by atoms with Crippen LogP contribution in [0.25, 0.3) is 0 Å². The van der Waals surface area contributed by atoms with Crippen molar-refractivity contribution in [1.82, 2.24) is 10.2 Å². The molecule has 1 atom stereocenters. The van der Waals surface area contributed by atoms with Gasteiger partial charge in [-0.25, -0.2) is 0 Å². The van der Waals surface area contributed by atoms with Gasteiger partial charge in [0.1, 0.15) is 0 Å². The fraction of sp³-hybridized carbons (Fsp3) is 0.923. The largest absolute Gasteiger partial charge is 0.391 e. The van der Waals surface area contributed by atoms with Gasteiger partial charge in [0.05, 0.1) is 12.0 Å². The molecule has 1 saturated carbocycles. The molecule has 0 aromatic rings. The lowest BCUT2D eigenvalue weighted by molar-refractivity contribution is -0.182. The molecule has 1 radical (unpaired) electrons. The molecule has 19 heavy (non-hydrogen) atoms. The molecule has 1 N–H and O–H groups in total. The number of halogens is 3. The van der Waals surface area contributed by atoms with Gasteiger partial charge in [0.15, 0.2) is 6.34 Å². The first-order chi connectivity index (χ1) is 8.95. The van der Waals surface area contributed by atoms with E-state index in [9.17, 15) is 13.2 Å². The lowest BCUT2D eigenvalue weighted by Gasteiger charge is -2.31. The highest BCUT2D eigenvalue weighted by molar-refractivity contribution is 5.55. The molecule has 0 aromatic carbocycles. The maximum Gasteiger partial charge on any atom is 0.391 e. The number of hydrogen-bond acceptors (Lipinski definition) is 2. The zero-order valence-corrected chi connectivity index (χ0v) is 11.2. The minimum Gasteiger partial charge on any atom is -0.351 e. The lowest BCUT2D eigenvalue weighted by atomic mass is 9.86. The van der Waals surface area contributed by atoms with Crippen LogP contribution in [0.3, 0.4) is 0 Å². The third-order valence-corrected chi connectivity index (χ3v) is 3.91. The average molecular weight is 276 g/mol. The number of nitrogens with one attached hydrogen (secondary N) is 1. The second-order valence-electron chi connectivity index (χ2n) is 5.58. The van der Waals surface area contributed by atoms with Gasteiger partial charge in [-0.3, -0.25) is 4.99 Å². The molecule has 109 valence electrons. The van der Waals surface area contributed by atoms with Gasteiger partial charge >= 0.3 is 6.18 Å². The first kappa shape index (κ1) is 14.6. The van der Waals surface area contributed by atoms with Crippen molar-refractivity contribution in [1.29, 1.82) is 0 Å². The molecule has 1 heterocycles. The van der Waals surface area contributed by atoms with Crippen LogP contribution in [0.2, 0.25) is 0 Å². The van der Waals surface area contributed by atoms with E-state index in [1.165, 1.54) is 0 Å². The summed E-state index contributed by atoms with van der Waals surface area (Å²) in [5, 5.41) is 3.32. The second kappa shape index (κ2) is 6.11. The molecule has 3 nitrogen and oxygen atoms in total. The van der Waals surface area contributed by atoms with Gasteiger partial charge in [-0.2, -0.15) is 13.2 Å². The number of rotatable bonds is 2. The van der Waals surface area contributed by atoms with Crippen LogP contribution < -0.4 is 5.32 Å². The molecule has 0 bridgehead atoms. The van der Waals surface area contributed by atoms with E-state index in [0.717, 1.165) is 19.6 Å². The number of hydrogen-bond donors (Lipinski definition) is 1. The van der Waals surface area contributed by atoms with E-state index >= 15 is 0 Å². The summed E-state index contributed by atoms with van der Waals surface area (Å²) in [5.74, 6) is -1.13. The van der Waals surface area contributed by atoms with Gasteiger partial charge in [-0.15, -0.1) is 0 Å². The van der Waals surface area contributed by atoms with Crippen molar-refractivity contribution in [2.45, 2.75) is 50.9 Å². The van der Waals surface area contributed by atoms with Crippen molar-refractivity contribution in [2.24, 2.45) is 10.9 Å². The van der Waals surface area contributed by atoms with Crippen molar-refractivity contribution in [3.63, 3.8) is 0 Å². The van der Waals surface area contributed by atoms with Gasteiger partial charge in [-0.1, -0.05) is 0 Å². The predicted octanol–water partition coefficient (Wildman–Crippen LogP) is 2.31. The van der Waals surface area contributed by atoms with Crippen LogP contribution in [0.4, 0.5) is 13.2 Å². The summed E-state index contributed by atoms with van der Waals surface area (Å²) in [5.41, 5.74) is 0. The summed E-state index contributed by atoms with van der Waals surface area (Å²) in [6.45, 7) is 4.74. The van der Waals surface area contributed by atoms with E-state index in [-0.39, 0.29) is 18.9 Å². The highest BCUT2D eigenvalue weighted by Gasteiger charge is 2.41. The molecule has 1 aliphatic heterocycles. The maximum atomic E-state index is 12.5. The number of aliphatic imine (C=N–C) groups is 1. The summed E-state index contributed by atoms with van der Waals surface area (Å²) in [6, 6.07) is 0.432. The summed E-state index contributed by atoms with van der Waals surface area (Å²) in [7, 11) is 0. The summed E-state index contributed by atoms with van der Waals surface area (Å²) >= 11 is 0. The lowest BCUT2D eigenvalue weighted by Crippen LogP contribution is -2.48. The molecule has 0 aromatic heterocycles. The molecule has 0 spiro atoms. The molecule has 1 saturated heterocycles. The Morgan fingerprint density at radius 2 is 1.89 bits per heavy atom. The van der Waals surface area contributed by atoms with Crippen LogP contribution in [0, 0.1) is 5.92 Å². The fourth-order valence-electron chi connectivity index (χ4n) is 2.72. The monoisotopic (exact) mass is 276 g/mol. The van der Waals surface area contributed by atoms with Gasteiger partial charge in [0, 0.05) is 25.7 Å². The normalized spacial score (nSPS) is 33.9. The van der Waals surface area contributed by atoms with Crippen LogP contribution in [-0.2, 0) is 0 Å². The van der Waals surface area contributed by atoms with E-state index in [2.05, 4.69) is 23.6 Å². The van der Waals surface area contributed by atoms with Gasteiger partial charge in [-0.05, 0) is 32.6 Å². The Hall–Kier alpha value is -0.780. The number of piperazine rings is 1. The average Bonchev–Trinajstić information content (AvgIpc) is 2.36. The van der Waals surface area contributed by atoms with Crippen LogP contribution in [0.1, 0.15) is 32.6 Å². The highest BCUT2D eigenvalue weighted by atomic mass is 19.4. The Labute approximate surface area is 112 Å². The zero-order valence-electron chi connectivity index (χ0n) is 11.2. The number of alkyl halides is 3. The van der Waals surface area contributed by atoms with Gasteiger partial charge in [0.25, 0.3) is 0 Å². The van der Waals surface area contributed by atoms with Crippen LogP contribution in [0.15, 0.2) is 4.99 Å². The maximum absolute atomic E-state index is 12.5. The molecule has 2 aliphatic rings. The van der Waals surface area contributed by atoms with E-state index in [1.807, 2.05) is 4.90 Å². The van der Waals surface area contributed by atoms with E-state index < -0.39 is 12.1 Å². The third kappa shape index (κ3) is 4.37. The minimum absolute atomic E-state index is 0.0174. The second-order valence-corrected chi connectivity index (χ2v) is 5.58. The molecule has 6 heteroatoms. The molecule has 0 unspecified atom stereocenters. The summed E-state index contributed by atoms with van der Waals surface area (Å²) < 4.78 is 37.6.